The summed E-state index contributed by atoms with van der Waals surface area (Å²) < 4.78 is 13.7. The molecule has 7 nitrogen and oxygen atoms in total. The Balaban J connectivity index is 1.54. The zero-order chi connectivity index (χ0) is 18.7. The van der Waals surface area contributed by atoms with Crippen molar-refractivity contribution in [1.82, 2.24) is 15.3 Å². The normalized spacial score (nSPS) is 10.7. The van der Waals surface area contributed by atoms with Gasteiger partial charge >= 0.3 is 5.69 Å². The summed E-state index contributed by atoms with van der Waals surface area (Å²) in [4.78, 5) is 40.4. The summed E-state index contributed by atoms with van der Waals surface area (Å²) in [6, 6.07) is 8.76. The van der Waals surface area contributed by atoms with Crippen LogP contribution in [0.25, 0.3) is 11.0 Å². The largest absolute Gasteiger partial charge is 0.351 e. The van der Waals surface area contributed by atoms with Crippen LogP contribution in [0.4, 0.5) is 10.1 Å². The number of aromatic amines is 2. The zero-order valence-corrected chi connectivity index (χ0v) is 14.9. The van der Waals surface area contributed by atoms with E-state index in [4.69, 9.17) is 0 Å². The molecule has 3 rings (SSSR count). The van der Waals surface area contributed by atoms with Crippen molar-refractivity contribution in [3.05, 3.63) is 62.7 Å². The van der Waals surface area contributed by atoms with Crippen molar-refractivity contribution < 1.29 is 14.0 Å². The van der Waals surface area contributed by atoms with E-state index in [9.17, 15) is 18.8 Å². The molecule has 1 heterocycles. The molecule has 26 heavy (non-hydrogen) atoms. The SMILES string of the molecule is O=C(CCNC(=O)c1cc(F)ccc1Br)Nc1ccc2[nH]c(=O)[nH]c2c1. The van der Waals surface area contributed by atoms with Crippen LogP contribution < -0.4 is 16.3 Å². The van der Waals surface area contributed by atoms with Gasteiger partial charge in [-0.1, -0.05) is 0 Å². The first-order chi connectivity index (χ1) is 12.4. The Morgan fingerprint density at radius 1 is 1.08 bits per heavy atom. The summed E-state index contributed by atoms with van der Waals surface area (Å²) in [5.41, 5.74) is 1.58. The molecule has 0 saturated heterocycles. The van der Waals surface area contributed by atoms with E-state index in [1.54, 1.807) is 18.2 Å². The molecule has 4 N–H and O–H groups in total. The highest BCUT2D eigenvalue weighted by molar-refractivity contribution is 9.10. The predicted molar refractivity (Wildman–Crippen MR) is 98.6 cm³/mol. The maximum atomic E-state index is 13.2. The standard InChI is InChI=1S/C17H14BrFN4O3/c18-12-3-1-9(19)7-11(12)16(25)20-6-5-15(24)21-10-2-4-13-14(8-10)23-17(26)22-13/h1-4,7-8H,5-6H2,(H,20,25)(H,21,24)(H2,22,23,26). The Morgan fingerprint density at radius 2 is 1.85 bits per heavy atom. The van der Waals surface area contributed by atoms with E-state index in [2.05, 4.69) is 36.5 Å². The second kappa shape index (κ2) is 7.52. The lowest BCUT2D eigenvalue weighted by Crippen LogP contribution is -2.28. The minimum absolute atomic E-state index is 0.0420. The molecule has 0 aliphatic heterocycles. The van der Waals surface area contributed by atoms with E-state index < -0.39 is 11.7 Å². The number of H-pyrrole nitrogens is 2. The quantitative estimate of drug-likeness (QED) is 0.509. The van der Waals surface area contributed by atoms with Gasteiger partial charge in [-0.15, -0.1) is 0 Å². The topological polar surface area (TPSA) is 107 Å². The smallest absolute Gasteiger partial charge is 0.323 e. The summed E-state index contributed by atoms with van der Waals surface area (Å²) in [7, 11) is 0. The summed E-state index contributed by atoms with van der Waals surface area (Å²) in [5, 5.41) is 5.25. The third kappa shape index (κ3) is 4.17. The maximum absolute atomic E-state index is 13.2. The average Bonchev–Trinajstić information content (AvgIpc) is 2.96. The molecule has 0 atom stereocenters. The van der Waals surface area contributed by atoms with Gasteiger partial charge in [0, 0.05) is 23.1 Å². The van der Waals surface area contributed by atoms with Crippen LogP contribution in [-0.4, -0.2) is 28.3 Å². The van der Waals surface area contributed by atoms with Crippen molar-refractivity contribution in [3.8, 4) is 0 Å². The number of amides is 2. The Morgan fingerprint density at radius 3 is 2.65 bits per heavy atom. The lowest BCUT2D eigenvalue weighted by Gasteiger charge is -2.08. The number of carbonyl (C=O) groups excluding carboxylic acids is 2. The third-order valence-electron chi connectivity index (χ3n) is 3.61. The number of hydrogen-bond donors (Lipinski definition) is 4. The van der Waals surface area contributed by atoms with Crippen LogP contribution in [0.15, 0.2) is 45.7 Å². The molecule has 9 heteroatoms. The molecule has 0 aliphatic carbocycles. The number of nitrogens with one attached hydrogen (secondary N) is 4. The van der Waals surface area contributed by atoms with Crippen LogP contribution in [0.2, 0.25) is 0 Å². The van der Waals surface area contributed by atoms with Crippen LogP contribution in [-0.2, 0) is 4.79 Å². The van der Waals surface area contributed by atoms with Gasteiger partial charge in [0.25, 0.3) is 5.91 Å². The van der Waals surface area contributed by atoms with E-state index in [-0.39, 0.29) is 30.1 Å². The summed E-state index contributed by atoms with van der Waals surface area (Å²) >= 11 is 3.18. The molecular weight excluding hydrogens is 407 g/mol. The van der Waals surface area contributed by atoms with Crippen LogP contribution >= 0.6 is 15.9 Å². The van der Waals surface area contributed by atoms with Crippen LogP contribution in [0, 0.1) is 5.82 Å². The van der Waals surface area contributed by atoms with Crippen LogP contribution in [0.5, 0.6) is 0 Å². The molecule has 0 radical (unpaired) electrons. The maximum Gasteiger partial charge on any atom is 0.323 e. The number of hydrogen-bond acceptors (Lipinski definition) is 3. The fourth-order valence-electron chi connectivity index (χ4n) is 2.39. The van der Waals surface area contributed by atoms with Crippen molar-refractivity contribution >= 4 is 44.5 Å². The fourth-order valence-corrected chi connectivity index (χ4v) is 2.82. The first-order valence-corrected chi connectivity index (χ1v) is 8.47. The number of aromatic nitrogens is 2. The summed E-state index contributed by atoms with van der Waals surface area (Å²) in [5.74, 6) is -1.30. The summed E-state index contributed by atoms with van der Waals surface area (Å²) in [6.45, 7) is 0.0941. The number of rotatable bonds is 5. The van der Waals surface area contributed by atoms with E-state index >= 15 is 0 Å². The Kier molecular flexibility index (Phi) is 5.17. The number of anilines is 1. The molecule has 0 bridgehead atoms. The van der Waals surface area contributed by atoms with Crippen LogP contribution in [0.3, 0.4) is 0 Å². The van der Waals surface area contributed by atoms with E-state index in [0.29, 0.717) is 21.2 Å². The van der Waals surface area contributed by atoms with Gasteiger partial charge in [0.2, 0.25) is 5.91 Å². The molecule has 2 aromatic carbocycles. The van der Waals surface area contributed by atoms with E-state index in [0.717, 1.165) is 6.07 Å². The first kappa shape index (κ1) is 17.9. The number of carbonyl (C=O) groups is 2. The summed E-state index contributed by atoms with van der Waals surface area (Å²) in [6.07, 6.45) is 0.0420. The third-order valence-corrected chi connectivity index (χ3v) is 4.30. The molecule has 0 aliphatic rings. The lowest BCUT2D eigenvalue weighted by atomic mass is 10.2. The van der Waals surface area contributed by atoms with Gasteiger partial charge in [0.1, 0.15) is 5.82 Å². The van der Waals surface area contributed by atoms with Crippen molar-refractivity contribution in [2.75, 3.05) is 11.9 Å². The van der Waals surface area contributed by atoms with Crippen molar-refractivity contribution in [2.45, 2.75) is 6.42 Å². The molecule has 1 aromatic heterocycles. The zero-order valence-electron chi connectivity index (χ0n) is 13.4. The highest BCUT2D eigenvalue weighted by atomic mass is 79.9. The fraction of sp³-hybridized carbons (Fsp3) is 0.118. The molecule has 0 spiro atoms. The average molecular weight is 421 g/mol. The van der Waals surface area contributed by atoms with Crippen molar-refractivity contribution in [3.63, 3.8) is 0 Å². The van der Waals surface area contributed by atoms with Crippen LogP contribution in [0.1, 0.15) is 16.8 Å². The van der Waals surface area contributed by atoms with Gasteiger partial charge in [-0.25, -0.2) is 9.18 Å². The number of fused-ring (bicyclic) bond motifs is 1. The van der Waals surface area contributed by atoms with Gasteiger partial charge in [-0.2, -0.15) is 0 Å². The molecule has 0 fully saturated rings. The highest BCUT2D eigenvalue weighted by Gasteiger charge is 2.12. The minimum atomic E-state index is -0.519. The van der Waals surface area contributed by atoms with E-state index in [1.165, 1.54) is 12.1 Å². The minimum Gasteiger partial charge on any atom is -0.351 e. The Labute approximate surface area is 155 Å². The Hall–Kier alpha value is -2.94. The number of halogens is 2. The lowest BCUT2D eigenvalue weighted by molar-refractivity contribution is -0.116. The first-order valence-electron chi connectivity index (χ1n) is 7.67. The van der Waals surface area contributed by atoms with Gasteiger partial charge in [-0.3, -0.25) is 9.59 Å². The number of benzene rings is 2. The van der Waals surface area contributed by atoms with Crippen molar-refractivity contribution in [2.24, 2.45) is 0 Å². The molecule has 2 amide bonds. The molecule has 0 unspecified atom stereocenters. The highest BCUT2D eigenvalue weighted by Crippen LogP contribution is 2.18. The number of imidazole rings is 1. The van der Waals surface area contributed by atoms with E-state index in [1.807, 2.05) is 0 Å². The predicted octanol–water partition coefficient (Wildman–Crippen LogP) is 2.52. The molecule has 3 aromatic rings. The Bertz CT molecular complexity index is 1040. The second-order valence-electron chi connectivity index (χ2n) is 5.52. The van der Waals surface area contributed by atoms with Gasteiger partial charge in [0.15, 0.2) is 0 Å². The molecule has 134 valence electrons. The monoisotopic (exact) mass is 420 g/mol. The molecular formula is C17H14BrFN4O3. The van der Waals surface area contributed by atoms with Gasteiger partial charge in [-0.05, 0) is 52.3 Å². The van der Waals surface area contributed by atoms with Gasteiger partial charge < -0.3 is 20.6 Å². The molecule has 0 saturated carbocycles. The van der Waals surface area contributed by atoms with Crippen molar-refractivity contribution in [1.29, 1.82) is 0 Å². The second-order valence-corrected chi connectivity index (χ2v) is 6.37. The van der Waals surface area contributed by atoms with Gasteiger partial charge in [0.05, 0.1) is 16.6 Å².